The zero-order valence-electron chi connectivity index (χ0n) is 11.4. The Morgan fingerprint density at radius 3 is 2.55 bits per heavy atom. The molecule has 4 heteroatoms. The van der Waals surface area contributed by atoms with E-state index in [4.69, 9.17) is 10.5 Å². The Bertz CT molecular complexity index is 618. The second kappa shape index (κ2) is 6.09. The lowest BCUT2D eigenvalue weighted by Gasteiger charge is -2.13. The molecule has 0 fully saturated rings. The van der Waals surface area contributed by atoms with Crippen LogP contribution in [-0.2, 0) is 0 Å². The highest BCUT2D eigenvalue weighted by Crippen LogP contribution is 2.25. The van der Waals surface area contributed by atoms with Gasteiger partial charge in [-0.3, -0.25) is 4.79 Å². The second-order valence-electron chi connectivity index (χ2n) is 4.77. The first kappa shape index (κ1) is 14.6. The lowest BCUT2D eigenvalue weighted by molar-refractivity contribution is 0.103. The van der Waals surface area contributed by atoms with Crippen LogP contribution in [0.4, 0.5) is 5.69 Å². The van der Waals surface area contributed by atoms with Crippen LogP contribution in [0, 0.1) is 0 Å². The summed E-state index contributed by atoms with van der Waals surface area (Å²) in [5, 5.41) is 0. The topological polar surface area (TPSA) is 52.3 Å². The molecule has 0 heterocycles. The third-order valence-corrected chi connectivity index (χ3v) is 3.13. The van der Waals surface area contributed by atoms with E-state index in [2.05, 4.69) is 15.9 Å². The van der Waals surface area contributed by atoms with Gasteiger partial charge in [0.1, 0.15) is 5.75 Å². The summed E-state index contributed by atoms with van der Waals surface area (Å²) >= 11 is 3.35. The van der Waals surface area contributed by atoms with E-state index in [1.54, 1.807) is 30.3 Å². The lowest BCUT2D eigenvalue weighted by atomic mass is 10.0. The number of carbonyl (C=O) groups excluding carboxylic acids is 1. The van der Waals surface area contributed by atoms with E-state index in [1.807, 2.05) is 26.0 Å². The molecule has 2 aromatic carbocycles. The molecule has 3 nitrogen and oxygen atoms in total. The summed E-state index contributed by atoms with van der Waals surface area (Å²) in [6.07, 6.45) is 0.0107. The number of para-hydroxylation sites is 1. The van der Waals surface area contributed by atoms with Crippen LogP contribution in [0.2, 0.25) is 0 Å². The summed E-state index contributed by atoms with van der Waals surface area (Å²) in [6, 6.07) is 12.4. The minimum atomic E-state index is -0.103. The van der Waals surface area contributed by atoms with Gasteiger partial charge >= 0.3 is 0 Å². The number of anilines is 1. The molecular weight excluding hydrogens is 318 g/mol. The van der Waals surface area contributed by atoms with Crippen molar-refractivity contribution < 1.29 is 9.53 Å². The Morgan fingerprint density at radius 2 is 1.90 bits per heavy atom. The minimum Gasteiger partial charge on any atom is -0.490 e. The highest BCUT2D eigenvalue weighted by atomic mass is 79.9. The van der Waals surface area contributed by atoms with Crippen molar-refractivity contribution in [2.24, 2.45) is 0 Å². The van der Waals surface area contributed by atoms with Crippen LogP contribution in [0.15, 0.2) is 46.9 Å². The number of carbonyl (C=O) groups is 1. The highest BCUT2D eigenvalue weighted by molar-refractivity contribution is 9.10. The van der Waals surface area contributed by atoms with E-state index in [0.717, 1.165) is 4.47 Å². The summed E-state index contributed by atoms with van der Waals surface area (Å²) in [7, 11) is 0. The van der Waals surface area contributed by atoms with Gasteiger partial charge < -0.3 is 10.5 Å². The Morgan fingerprint density at radius 1 is 1.20 bits per heavy atom. The molecule has 0 aliphatic heterocycles. The molecule has 2 rings (SSSR count). The molecule has 0 spiro atoms. The first-order valence-electron chi connectivity index (χ1n) is 6.34. The molecule has 0 aromatic heterocycles. The van der Waals surface area contributed by atoms with Gasteiger partial charge in [0.2, 0.25) is 0 Å². The zero-order chi connectivity index (χ0) is 14.7. The first-order valence-corrected chi connectivity index (χ1v) is 7.13. The Hall–Kier alpha value is -1.81. The summed E-state index contributed by atoms with van der Waals surface area (Å²) in [6.45, 7) is 3.86. The van der Waals surface area contributed by atoms with Crippen molar-refractivity contribution >= 4 is 27.4 Å². The van der Waals surface area contributed by atoms with Gasteiger partial charge in [-0.15, -0.1) is 0 Å². The van der Waals surface area contributed by atoms with Crippen molar-refractivity contribution in [3.63, 3.8) is 0 Å². The van der Waals surface area contributed by atoms with Crippen LogP contribution in [0.5, 0.6) is 5.75 Å². The van der Waals surface area contributed by atoms with Crippen molar-refractivity contribution in [3.05, 3.63) is 58.1 Å². The number of nitrogen functional groups attached to an aromatic ring is 1. The molecule has 0 aliphatic carbocycles. The van der Waals surface area contributed by atoms with E-state index in [1.165, 1.54) is 0 Å². The van der Waals surface area contributed by atoms with Crippen molar-refractivity contribution in [3.8, 4) is 5.75 Å². The van der Waals surface area contributed by atoms with Gasteiger partial charge in [-0.1, -0.05) is 28.1 Å². The second-order valence-corrected chi connectivity index (χ2v) is 5.68. The van der Waals surface area contributed by atoms with E-state index in [0.29, 0.717) is 22.6 Å². The van der Waals surface area contributed by atoms with Crippen molar-refractivity contribution in [2.75, 3.05) is 5.73 Å². The van der Waals surface area contributed by atoms with Crippen LogP contribution < -0.4 is 10.5 Å². The van der Waals surface area contributed by atoms with Crippen LogP contribution in [-0.4, -0.2) is 11.9 Å². The Kier molecular flexibility index (Phi) is 4.45. The first-order chi connectivity index (χ1) is 9.47. The van der Waals surface area contributed by atoms with Crippen LogP contribution in [0.25, 0.3) is 0 Å². The maximum atomic E-state index is 12.6. The molecule has 2 N–H and O–H groups in total. The van der Waals surface area contributed by atoms with E-state index < -0.39 is 0 Å². The minimum absolute atomic E-state index is 0.0107. The number of hydrogen-bond acceptors (Lipinski definition) is 3. The fourth-order valence-corrected chi connectivity index (χ4v) is 2.42. The molecule has 0 radical (unpaired) electrons. The summed E-state index contributed by atoms with van der Waals surface area (Å²) in [4.78, 5) is 12.6. The lowest BCUT2D eigenvalue weighted by Crippen LogP contribution is -2.11. The average molecular weight is 334 g/mol. The third-order valence-electron chi connectivity index (χ3n) is 2.68. The summed E-state index contributed by atoms with van der Waals surface area (Å²) in [5.74, 6) is 0.486. The molecular formula is C16H16BrNO2. The molecule has 0 saturated heterocycles. The molecule has 104 valence electrons. The molecule has 0 bridgehead atoms. The normalized spacial score (nSPS) is 10.6. The fraction of sp³-hybridized carbons (Fsp3) is 0.188. The smallest absolute Gasteiger partial charge is 0.196 e. The van der Waals surface area contributed by atoms with Gasteiger partial charge in [0.25, 0.3) is 0 Å². The number of hydrogen-bond donors (Lipinski definition) is 1. The van der Waals surface area contributed by atoms with E-state index in [-0.39, 0.29) is 11.9 Å². The molecule has 20 heavy (non-hydrogen) atoms. The number of nitrogens with two attached hydrogens (primary N) is 1. The Balaban J connectivity index is 2.42. The van der Waals surface area contributed by atoms with Crippen LogP contribution in [0.1, 0.15) is 29.8 Å². The fourth-order valence-electron chi connectivity index (χ4n) is 1.91. The monoisotopic (exact) mass is 333 g/mol. The van der Waals surface area contributed by atoms with Crippen molar-refractivity contribution in [1.29, 1.82) is 0 Å². The van der Waals surface area contributed by atoms with Crippen molar-refractivity contribution in [1.82, 2.24) is 0 Å². The van der Waals surface area contributed by atoms with E-state index in [9.17, 15) is 4.79 Å². The average Bonchev–Trinajstić information content (AvgIpc) is 2.36. The predicted molar refractivity (Wildman–Crippen MR) is 84.2 cm³/mol. The van der Waals surface area contributed by atoms with Gasteiger partial charge in [0, 0.05) is 15.7 Å². The van der Waals surface area contributed by atoms with Gasteiger partial charge in [-0.2, -0.15) is 0 Å². The number of ether oxygens (including phenoxy) is 1. The maximum Gasteiger partial charge on any atom is 0.196 e. The maximum absolute atomic E-state index is 12.6. The van der Waals surface area contributed by atoms with Gasteiger partial charge in [0.05, 0.1) is 11.7 Å². The largest absolute Gasteiger partial charge is 0.490 e. The number of benzene rings is 2. The number of ketones is 1. The van der Waals surface area contributed by atoms with Crippen molar-refractivity contribution in [2.45, 2.75) is 20.0 Å². The third kappa shape index (κ3) is 3.39. The molecule has 0 amide bonds. The van der Waals surface area contributed by atoms with Gasteiger partial charge in [0.15, 0.2) is 5.78 Å². The predicted octanol–water partition coefficient (Wildman–Crippen LogP) is 4.05. The number of halogens is 1. The SMILES string of the molecule is CC(C)Oc1ccccc1C(=O)c1cc(N)cc(Br)c1. The highest BCUT2D eigenvalue weighted by Gasteiger charge is 2.16. The van der Waals surface area contributed by atoms with Gasteiger partial charge in [-0.25, -0.2) is 0 Å². The summed E-state index contributed by atoms with van der Waals surface area (Å²) in [5.41, 5.74) is 7.41. The Labute approximate surface area is 126 Å². The number of rotatable bonds is 4. The quantitative estimate of drug-likeness (QED) is 0.678. The molecule has 2 aromatic rings. The summed E-state index contributed by atoms with van der Waals surface area (Å²) < 4.78 is 6.47. The van der Waals surface area contributed by atoms with Crippen LogP contribution >= 0.6 is 15.9 Å². The standard InChI is InChI=1S/C16H16BrNO2/c1-10(2)20-15-6-4-3-5-14(15)16(19)11-7-12(17)9-13(18)8-11/h3-10H,18H2,1-2H3. The van der Waals surface area contributed by atoms with Gasteiger partial charge in [-0.05, 0) is 44.2 Å². The molecule has 0 aliphatic rings. The van der Waals surface area contributed by atoms with Crippen LogP contribution in [0.3, 0.4) is 0 Å². The molecule has 0 atom stereocenters. The van der Waals surface area contributed by atoms with E-state index >= 15 is 0 Å². The zero-order valence-corrected chi connectivity index (χ0v) is 13.0. The molecule has 0 unspecified atom stereocenters. The molecule has 0 saturated carbocycles.